The SMILES string of the molecule is O=C(CCOc1ccccc1)NCC(=O)Nc1ccccc1F. The quantitative estimate of drug-likeness (QED) is 0.824. The predicted octanol–water partition coefficient (Wildman–Crippen LogP) is 2.35. The molecule has 6 heteroatoms. The molecule has 2 amide bonds. The Bertz CT molecular complexity index is 662. The zero-order chi connectivity index (χ0) is 16.5. The van der Waals surface area contributed by atoms with Crippen LogP contribution < -0.4 is 15.4 Å². The molecule has 0 heterocycles. The van der Waals surface area contributed by atoms with Gasteiger partial charge >= 0.3 is 0 Å². The first-order valence-corrected chi connectivity index (χ1v) is 7.14. The molecule has 0 fully saturated rings. The highest BCUT2D eigenvalue weighted by Crippen LogP contribution is 2.11. The molecule has 0 unspecified atom stereocenters. The highest BCUT2D eigenvalue weighted by Gasteiger charge is 2.08. The Morgan fingerprint density at radius 3 is 2.39 bits per heavy atom. The topological polar surface area (TPSA) is 67.4 Å². The molecule has 0 atom stereocenters. The molecule has 23 heavy (non-hydrogen) atoms. The Morgan fingerprint density at radius 1 is 0.957 bits per heavy atom. The van der Waals surface area contributed by atoms with Gasteiger partial charge in [-0.15, -0.1) is 0 Å². The van der Waals surface area contributed by atoms with E-state index in [1.54, 1.807) is 18.2 Å². The smallest absolute Gasteiger partial charge is 0.243 e. The van der Waals surface area contributed by atoms with E-state index in [2.05, 4.69) is 10.6 Å². The van der Waals surface area contributed by atoms with Gasteiger partial charge < -0.3 is 15.4 Å². The molecule has 0 radical (unpaired) electrons. The van der Waals surface area contributed by atoms with Crippen LogP contribution in [0.15, 0.2) is 54.6 Å². The largest absolute Gasteiger partial charge is 0.493 e. The highest BCUT2D eigenvalue weighted by atomic mass is 19.1. The van der Waals surface area contributed by atoms with Crippen molar-refractivity contribution in [3.8, 4) is 5.75 Å². The van der Waals surface area contributed by atoms with E-state index in [9.17, 15) is 14.0 Å². The fourth-order valence-corrected chi connectivity index (χ4v) is 1.80. The number of hydrogen-bond donors (Lipinski definition) is 2. The Hall–Kier alpha value is -2.89. The third-order valence-electron chi connectivity index (χ3n) is 2.94. The lowest BCUT2D eigenvalue weighted by Gasteiger charge is -2.08. The second-order valence-corrected chi connectivity index (χ2v) is 4.72. The van der Waals surface area contributed by atoms with E-state index in [1.807, 2.05) is 18.2 Å². The molecule has 0 saturated carbocycles. The minimum atomic E-state index is -0.525. The first kappa shape index (κ1) is 16.5. The minimum Gasteiger partial charge on any atom is -0.493 e. The number of amides is 2. The number of nitrogens with one attached hydrogen (secondary N) is 2. The Kier molecular flexibility index (Phi) is 6.11. The van der Waals surface area contributed by atoms with Gasteiger partial charge in [0.25, 0.3) is 0 Å². The van der Waals surface area contributed by atoms with Crippen molar-refractivity contribution < 1.29 is 18.7 Å². The third-order valence-corrected chi connectivity index (χ3v) is 2.94. The van der Waals surface area contributed by atoms with Crippen LogP contribution in [-0.2, 0) is 9.59 Å². The van der Waals surface area contributed by atoms with Crippen LogP contribution >= 0.6 is 0 Å². The first-order chi connectivity index (χ1) is 11.1. The van der Waals surface area contributed by atoms with Crippen LogP contribution in [0.25, 0.3) is 0 Å². The van der Waals surface area contributed by atoms with E-state index in [0.29, 0.717) is 5.75 Å². The van der Waals surface area contributed by atoms with Crippen LogP contribution in [0.4, 0.5) is 10.1 Å². The van der Waals surface area contributed by atoms with Gasteiger partial charge in [-0.1, -0.05) is 30.3 Å². The summed E-state index contributed by atoms with van der Waals surface area (Å²) in [6.07, 6.45) is 0.127. The average molecular weight is 316 g/mol. The fraction of sp³-hybridized carbons (Fsp3) is 0.176. The van der Waals surface area contributed by atoms with Gasteiger partial charge in [-0.3, -0.25) is 9.59 Å². The summed E-state index contributed by atoms with van der Waals surface area (Å²) in [5.74, 6) is -0.655. The molecule has 0 spiro atoms. The van der Waals surface area contributed by atoms with Crippen molar-refractivity contribution in [1.29, 1.82) is 0 Å². The van der Waals surface area contributed by atoms with E-state index in [1.165, 1.54) is 18.2 Å². The van der Waals surface area contributed by atoms with Crippen LogP contribution in [0.5, 0.6) is 5.75 Å². The molecule has 5 nitrogen and oxygen atoms in total. The summed E-state index contributed by atoms with van der Waals surface area (Å²) in [6, 6.07) is 15.0. The van der Waals surface area contributed by atoms with Gasteiger partial charge in [0, 0.05) is 0 Å². The molecule has 0 aromatic heterocycles. The summed E-state index contributed by atoms with van der Waals surface area (Å²) in [5.41, 5.74) is 0.0826. The standard InChI is InChI=1S/C17H17FN2O3/c18-14-8-4-5-9-15(14)20-17(22)12-19-16(21)10-11-23-13-6-2-1-3-7-13/h1-9H,10-12H2,(H,19,21)(H,20,22). The van der Waals surface area contributed by atoms with Crippen molar-refractivity contribution in [2.75, 3.05) is 18.5 Å². The van der Waals surface area contributed by atoms with Gasteiger partial charge in [0.2, 0.25) is 11.8 Å². The molecule has 2 aromatic carbocycles. The Morgan fingerprint density at radius 2 is 1.65 bits per heavy atom. The second kappa shape index (κ2) is 8.53. The van der Waals surface area contributed by atoms with E-state index in [4.69, 9.17) is 4.74 Å². The second-order valence-electron chi connectivity index (χ2n) is 4.72. The molecular weight excluding hydrogens is 299 g/mol. The van der Waals surface area contributed by atoms with Crippen LogP contribution in [0.3, 0.4) is 0 Å². The van der Waals surface area contributed by atoms with Gasteiger partial charge in [0.05, 0.1) is 25.3 Å². The van der Waals surface area contributed by atoms with Crippen LogP contribution in [0, 0.1) is 5.82 Å². The molecule has 2 rings (SSSR count). The number of para-hydroxylation sites is 2. The molecule has 0 aliphatic carbocycles. The lowest BCUT2D eigenvalue weighted by molar-refractivity contribution is -0.124. The summed E-state index contributed by atoms with van der Waals surface area (Å²) >= 11 is 0. The van der Waals surface area contributed by atoms with Gasteiger partial charge in [-0.05, 0) is 24.3 Å². The van der Waals surface area contributed by atoms with Crippen molar-refractivity contribution in [3.05, 3.63) is 60.4 Å². The Labute approximate surface area is 133 Å². The molecule has 0 bridgehead atoms. The number of carbonyl (C=O) groups excluding carboxylic acids is 2. The maximum absolute atomic E-state index is 13.4. The van der Waals surface area contributed by atoms with Gasteiger partial charge in [0.1, 0.15) is 11.6 Å². The summed E-state index contributed by atoms with van der Waals surface area (Å²) in [7, 11) is 0. The summed E-state index contributed by atoms with van der Waals surface area (Å²) < 4.78 is 18.7. The molecule has 0 aliphatic heterocycles. The van der Waals surface area contributed by atoms with Gasteiger partial charge in [-0.25, -0.2) is 4.39 Å². The molecule has 0 saturated heterocycles. The van der Waals surface area contributed by atoms with Crippen LogP contribution in [0.2, 0.25) is 0 Å². The Balaban J connectivity index is 1.66. The van der Waals surface area contributed by atoms with E-state index in [-0.39, 0.29) is 31.2 Å². The zero-order valence-corrected chi connectivity index (χ0v) is 12.4. The maximum Gasteiger partial charge on any atom is 0.243 e. The number of halogens is 1. The number of anilines is 1. The zero-order valence-electron chi connectivity index (χ0n) is 12.4. The third kappa shape index (κ3) is 5.78. The lowest BCUT2D eigenvalue weighted by Crippen LogP contribution is -2.33. The number of benzene rings is 2. The van der Waals surface area contributed by atoms with Crippen molar-refractivity contribution in [2.24, 2.45) is 0 Å². The molecule has 2 aromatic rings. The molecule has 120 valence electrons. The van der Waals surface area contributed by atoms with E-state index < -0.39 is 11.7 Å². The monoisotopic (exact) mass is 316 g/mol. The maximum atomic E-state index is 13.4. The van der Waals surface area contributed by atoms with E-state index >= 15 is 0 Å². The molecular formula is C17H17FN2O3. The van der Waals surface area contributed by atoms with Crippen molar-refractivity contribution in [3.63, 3.8) is 0 Å². The predicted molar refractivity (Wildman–Crippen MR) is 84.6 cm³/mol. The summed E-state index contributed by atoms with van der Waals surface area (Å²) in [4.78, 5) is 23.3. The number of carbonyl (C=O) groups is 2. The molecule has 2 N–H and O–H groups in total. The van der Waals surface area contributed by atoms with Gasteiger partial charge in [-0.2, -0.15) is 0 Å². The van der Waals surface area contributed by atoms with Crippen molar-refractivity contribution in [1.82, 2.24) is 5.32 Å². The van der Waals surface area contributed by atoms with Crippen molar-refractivity contribution in [2.45, 2.75) is 6.42 Å². The van der Waals surface area contributed by atoms with Crippen LogP contribution in [0.1, 0.15) is 6.42 Å². The summed E-state index contributed by atoms with van der Waals surface area (Å²) in [6.45, 7) is -0.0106. The lowest BCUT2D eigenvalue weighted by atomic mass is 10.3. The van der Waals surface area contributed by atoms with Gasteiger partial charge in [0.15, 0.2) is 0 Å². The summed E-state index contributed by atoms with van der Waals surface area (Å²) in [5, 5.41) is 4.84. The number of ether oxygens (including phenoxy) is 1. The number of rotatable bonds is 7. The van der Waals surface area contributed by atoms with E-state index in [0.717, 1.165) is 0 Å². The number of hydrogen-bond acceptors (Lipinski definition) is 3. The van der Waals surface area contributed by atoms with Crippen molar-refractivity contribution >= 4 is 17.5 Å². The van der Waals surface area contributed by atoms with Crippen LogP contribution in [-0.4, -0.2) is 25.0 Å². The minimum absolute atomic E-state index is 0.0826. The molecule has 0 aliphatic rings. The highest BCUT2D eigenvalue weighted by molar-refractivity contribution is 5.94. The average Bonchev–Trinajstić information content (AvgIpc) is 2.56. The normalized spacial score (nSPS) is 9.96. The fourth-order valence-electron chi connectivity index (χ4n) is 1.80. The first-order valence-electron chi connectivity index (χ1n) is 7.14.